The highest BCUT2D eigenvalue weighted by Crippen LogP contribution is 2.12. The summed E-state index contributed by atoms with van der Waals surface area (Å²) in [5.41, 5.74) is 0. The Hall–Kier alpha value is -0.720. The average molecular weight is 245 g/mol. The molecule has 1 aromatic heterocycles. The molecule has 1 atom stereocenters. The van der Waals surface area contributed by atoms with Crippen molar-refractivity contribution in [1.82, 2.24) is 14.8 Å². The topological polar surface area (TPSA) is 52.1 Å². The lowest BCUT2D eigenvalue weighted by Gasteiger charge is -2.16. The summed E-state index contributed by atoms with van der Waals surface area (Å²) in [6.45, 7) is 5.37. The molecule has 5 nitrogen and oxygen atoms in total. The standard InChI is InChI=1S/C10H19N3O2S/c1-7(2)9-11-12-10(16)13(9)5-8(15-4)6-14-3/h7-8H,5-6H2,1-4H3,(H,12,16). The first-order valence-electron chi connectivity index (χ1n) is 5.27. The number of nitrogens with one attached hydrogen (secondary N) is 1. The fourth-order valence-corrected chi connectivity index (χ4v) is 1.75. The quantitative estimate of drug-likeness (QED) is 0.775. The van der Waals surface area contributed by atoms with Crippen molar-refractivity contribution in [2.45, 2.75) is 32.4 Å². The fraction of sp³-hybridized carbons (Fsp3) is 0.800. The number of nitrogens with zero attached hydrogens (tertiary/aromatic N) is 2. The van der Waals surface area contributed by atoms with E-state index in [1.54, 1.807) is 14.2 Å². The molecule has 92 valence electrons. The summed E-state index contributed by atoms with van der Waals surface area (Å²) in [5.74, 6) is 1.27. The molecule has 1 unspecified atom stereocenters. The lowest BCUT2D eigenvalue weighted by Crippen LogP contribution is -2.25. The molecule has 0 aliphatic rings. The van der Waals surface area contributed by atoms with Gasteiger partial charge in [-0.2, -0.15) is 5.10 Å². The van der Waals surface area contributed by atoms with Gasteiger partial charge in [-0.05, 0) is 12.2 Å². The SMILES string of the molecule is COCC(Cn1c(C(C)C)n[nH]c1=S)OC. The summed E-state index contributed by atoms with van der Waals surface area (Å²) < 4.78 is 13.0. The van der Waals surface area contributed by atoms with Crippen LogP contribution in [0.15, 0.2) is 0 Å². The molecule has 0 saturated heterocycles. The summed E-state index contributed by atoms with van der Waals surface area (Å²) in [6, 6.07) is 0. The maximum absolute atomic E-state index is 5.32. The zero-order valence-electron chi connectivity index (χ0n) is 10.2. The van der Waals surface area contributed by atoms with Gasteiger partial charge in [0.1, 0.15) is 5.82 Å². The third-order valence-corrected chi connectivity index (χ3v) is 2.69. The average Bonchev–Trinajstić information content (AvgIpc) is 2.60. The molecule has 0 bridgehead atoms. The van der Waals surface area contributed by atoms with E-state index in [2.05, 4.69) is 24.0 Å². The van der Waals surface area contributed by atoms with Crippen molar-refractivity contribution in [2.75, 3.05) is 20.8 Å². The predicted octanol–water partition coefficient (Wildman–Crippen LogP) is 1.73. The summed E-state index contributed by atoms with van der Waals surface area (Å²) in [4.78, 5) is 0. The van der Waals surface area contributed by atoms with E-state index in [9.17, 15) is 0 Å². The minimum absolute atomic E-state index is 0.00759. The Balaban J connectivity index is 2.86. The van der Waals surface area contributed by atoms with Crippen molar-refractivity contribution in [3.63, 3.8) is 0 Å². The van der Waals surface area contributed by atoms with Crippen LogP contribution < -0.4 is 0 Å². The van der Waals surface area contributed by atoms with Crippen LogP contribution in [0.2, 0.25) is 0 Å². The highest BCUT2D eigenvalue weighted by molar-refractivity contribution is 7.71. The van der Waals surface area contributed by atoms with Gasteiger partial charge in [0, 0.05) is 20.1 Å². The Morgan fingerprint density at radius 3 is 2.62 bits per heavy atom. The van der Waals surface area contributed by atoms with Gasteiger partial charge in [-0.15, -0.1) is 0 Å². The Kier molecular flexibility index (Phi) is 5.11. The van der Waals surface area contributed by atoms with Gasteiger partial charge < -0.3 is 14.0 Å². The molecule has 1 rings (SSSR count). The minimum atomic E-state index is -0.00759. The molecular weight excluding hydrogens is 226 g/mol. The van der Waals surface area contributed by atoms with Gasteiger partial charge in [0.25, 0.3) is 0 Å². The first-order chi connectivity index (χ1) is 7.60. The molecule has 0 aromatic carbocycles. The van der Waals surface area contributed by atoms with E-state index < -0.39 is 0 Å². The van der Waals surface area contributed by atoms with Crippen LogP contribution >= 0.6 is 12.2 Å². The van der Waals surface area contributed by atoms with Crippen LogP contribution in [0.4, 0.5) is 0 Å². The Morgan fingerprint density at radius 1 is 1.44 bits per heavy atom. The zero-order chi connectivity index (χ0) is 12.1. The fourth-order valence-electron chi connectivity index (χ4n) is 1.53. The molecule has 1 heterocycles. The summed E-state index contributed by atoms with van der Waals surface area (Å²) >= 11 is 5.19. The van der Waals surface area contributed by atoms with Crippen molar-refractivity contribution in [2.24, 2.45) is 0 Å². The van der Waals surface area contributed by atoms with Gasteiger partial charge in [0.15, 0.2) is 4.77 Å². The van der Waals surface area contributed by atoms with Gasteiger partial charge >= 0.3 is 0 Å². The first-order valence-corrected chi connectivity index (χ1v) is 5.67. The van der Waals surface area contributed by atoms with Crippen LogP contribution in [0.25, 0.3) is 0 Å². The van der Waals surface area contributed by atoms with Crippen LogP contribution in [0, 0.1) is 4.77 Å². The Bertz CT molecular complexity index is 372. The smallest absolute Gasteiger partial charge is 0.195 e. The van der Waals surface area contributed by atoms with Crippen molar-refractivity contribution in [3.8, 4) is 0 Å². The number of ether oxygens (including phenoxy) is 2. The molecule has 0 saturated carbocycles. The number of hydrogen-bond donors (Lipinski definition) is 1. The molecule has 0 aliphatic heterocycles. The summed E-state index contributed by atoms with van der Waals surface area (Å²) in [6.07, 6.45) is -0.00759. The molecule has 0 fully saturated rings. The Labute approximate surface area is 101 Å². The van der Waals surface area contributed by atoms with E-state index in [1.807, 2.05) is 4.57 Å². The van der Waals surface area contributed by atoms with E-state index in [4.69, 9.17) is 21.7 Å². The molecule has 6 heteroatoms. The number of hydrogen-bond acceptors (Lipinski definition) is 4. The van der Waals surface area contributed by atoms with Crippen LogP contribution in [-0.2, 0) is 16.0 Å². The highest BCUT2D eigenvalue weighted by atomic mass is 32.1. The second kappa shape index (κ2) is 6.12. The first kappa shape index (κ1) is 13.3. The van der Waals surface area contributed by atoms with Crippen molar-refractivity contribution in [1.29, 1.82) is 0 Å². The second-order valence-corrected chi connectivity index (χ2v) is 4.35. The molecule has 0 aliphatic carbocycles. The lowest BCUT2D eigenvalue weighted by molar-refractivity contribution is 0.0175. The van der Waals surface area contributed by atoms with Gasteiger partial charge in [-0.3, -0.25) is 5.10 Å². The molecular formula is C10H19N3O2S. The molecule has 0 spiro atoms. The lowest BCUT2D eigenvalue weighted by atomic mass is 10.2. The van der Waals surface area contributed by atoms with Gasteiger partial charge in [0.05, 0.1) is 19.3 Å². The highest BCUT2D eigenvalue weighted by Gasteiger charge is 2.14. The van der Waals surface area contributed by atoms with Crippen LogP contribution in [0.3, 0.4) is 0 Å². The third kappa shape index (κ3) is 3.13. The normalized spacial score (nSPS) is 13.3. The van der Waals surface area contributed by atoms with E-state index >= 15 is 0 Å². The number of aromatic amines is 1. The minimum Gasteiger partial charge on any atom is -0.382 e. The number of H-pyrrole nitrogens is 1. The van der Waals surface area contributed by atoms with Crippen LogP contribution in [-0.4, -0.2) is 41.7 Å². The third-order valence-electron chi connectivity index (χ3n) is 2.38. The maximum Gasteiger partial charge on any atom is 0.195 e. The van der Waals surface area contributed by atoms with E-state index in [0.29, 0.717) is 23.8 Å². The molecule has 16 heavy (non-hydrogen) atoms. The Morgan fingerprint density at radius 2 is 2.12 bits per heavy atom. The van der Waals surface area contributed by atoms with Crippen LogP contribution in [0.5, 0.6) is 0 Å². The van der Waals surface area contributed by atoms with Crippen molar-refractivity contribution >= 4 is 12.2 Å². The molecule has 0 radical (unpaired) electrons. The summed E-state index contributed by atoms with van der Waals surface area (Å²) in [7, 11) is 3.33. The second-order valence-electron chi connectivity index (χ2n) is 3.97. The predicted molar refractivity (Wildman–Crippen MR) is 64.2 cm³/mol. The molecule has 1 aromatic rings. The van der Waals surface area contributed by atoms with Gasteiger partial charge in [-0.1, -0.05) is 13.8 Å². The zero-order valence-corrected chi connectivity index (χ0v) is 11.0. The van der Waals surface area contributed by atoms with Gasteiger partial charge in [-0.25, -0.2) is 0 Å². The maximum atomic E-state index is 5.32. The monoisotopic (exact) mass is 245 g/mol. The summed E-state index contributed by atoms with van der Waals surface area (Å²) in [5, 5.41) is 7.02. The number of rotatable bonds is 6. The van der Waals surface area contributed by atoms with Crippen LogP contribution in [0.1, 0.15) is 25.6 Å². The number of methoxy groups -OCH3 is 2. The molecule has 1 N–H and O–H groups in total. The van der Waals surface area contributed by atoms with E-state index in [0.717, 1.165) is 5.82 Å². The molecule has 0 amide bonds. The number of aromatic nitrogens is 3. The van der Waals surface area contributed by atoms with Crippen molar-refractivity contribution in [3.05, 3.63) is 10.6 Å². The van der Waals surface area contributed by atoms with E-state index in [-0.39, 0.29) is 6.10 Å². The van der Waals surface area contributed by atoms with Gasteiger partial charge in [0.2, 0.25) is 0 Å². The largest absolute Gasteiger partial charge is 0.382 e. The van der Waals surface area contributed by atoms with Crippen molar-refractivity contribution < 1.29 is 9.47 Å². The van der Waals surface area contributed by atoms with E-state index in [1.165, 1.54) is 0 Å².